The van der Waals surface area contributed by atoms with E-state index in [2.05, 4.69) is 0 Å². The summed E-state index contributed by atoms with van der Waals surface area (Å²) in [7, 11) is -1.57. The van der Waals surface area contributed by atoms with Gasteiger partial charge in [0.05, 0.1) is 10.0 Å². The van der Waals surface area contributed by atoms with E-state index in [1.165, 1.54) is 0 Å². The topological polar surface area (TPSA) is 40.5 Å². The third kappa shape index (κ3) is 1.75. The molecule has 0 aromatic heterocycles. The maximum atomic E-state index is 8.92. The van der Waals surface area contributed by atoms with E-state index in [9.17, 15) is 0 Å². The first-order chi connectivity index (χ1) is 5.54. The summed E-state index contributed by atoms with van der Waals surface area (Å²) in [6.45, 7) is 1.73. The van der Waals surface area contributed by atoms with Crippen LogP contribution in [0.3, 0.4) is 0 Å². The quantitative estimate of drug-likeness (QED) is 0.670. The summed E-state index contributed by atoms with van der Waals surface area (Å²) in [5, 5.41) is 18.4. The molecule has 0 radical (unpaired) electrons. The van der Waals surface area contributed by atoms with E-state index in [0.717, 1.165) is 0 Å². The lowest BCUT2D eigenvalue weighted by molar-refractivity contribution is 0.425. The summed E-state index contributed by atoms with van der Waals surface area (Å²) in [4.78, 5) is 0. The number of aryl methyl sites for hydroxylation is 1. The van der Waals surface area contributed by atoms with Crippen LogP contribution in [-0.4, -0.2) is 17.2 Å². The molecule has 2 nitrogen and oxygen atoms in total. The highest BCUT2D eigenvalue weighted by atomic mass is 35.5. The van der Waals surface area contributed by atoms with Crippen LogP contribution in [0.1, 0.15) is 5.56 Å². The number of hydrogen-bond acceptors (Lipinski definition) is 2. The zero-order valence-corrected chi connectivity index (χ0v) is 7.89. The lowest BCUT2D eigenvalue weighted by Gasteiger charge is -2.07. The summed E-state index contributed by atoms with van der Waals surface area (Å²) in [6, 6.07) is 3.30. The van der Waals surface area contributed by atoms with Crippen molar-refractivity contribution in [2.75, 3.05) is 0 Å². The van der Waals surface area contributed by atoms with Crippen LogP contribution in [0.2, 0.25) is 10.0 Å². The van der Waals surface area contributed by atoms with Gasteiger partial charge in [0.2, 0.25) is 0 Å². The standard InChI is InChI=1S/C7H7BCl2O2/c1-4-2-3-5(9)7(10)6(4)8(11)12/h2-3,11-12H,1H3. The Morgan fingerprint density at radius 3 is 2.25 bits per heavy atom. The molecule has 0 unspecified atom stereocenters. The Morgan fingerprint density at radius 2 is 1.83 bits per heavy atom. The SMILES string of the molecule is Cc1ccc(Cl)c(Cl)c1B(O)O. The van der Waals surface area contributed by atoms with Crippen LogP contribution in [0.4, 0.5) is 0 Å². The fourth-order valence-electron chi connectivity index (χ4n) is 0.980. The first kappa shape index (κ1) is 9.87. The van der Waals surface area contributed by atoms with Gasteiger partial charge < -0.3 is 10.0 Å². The normalized spacial score (nSPS) is 10.1. The number of benzene rings is 1. The molecular formula is C7H7BCl2O2. The Morgan fingerprint density at radius 1 is 1.25 bits per heavy atom. The van der Waals surface area contributed by atoms with E-state index in [1.54, 1.807) is 19.1 Å². The van der Waals surface area contributed by atoms with Crippen molar-refractivity contribution in [2.24, 2.45) is 0 Å². The van der Waals surface area contributed by atoms with Gasteiger partial charge in [-0.05, 0) is 18.6 Å². The van der Waals surface area contributed by atoms with E-state index in [4.69, 9.17) is 33.2 Å². The minimum absolute atomic E-state index is 0.201. The van der Waals surface area contributed by atoms with Crippen molar-refractivity contribution >= 4 is 35.8 Å². The number of hydrogen-bond donors (Lipinski definition) is 2. The molecule has 0 spiro atoms. The minimum Gasteiger partial charge on any atom is -0.423 e. The van der Waals surface area contributed by atoms with Crippen LogP contribution in [-0.2, 0) is 0 Å². The van der Waals surface area contributed by atoms with Crippen LogP contribution >= 0.6 is 23.2 Å². The number of halogens is 2. The van der Waals surface area contributed by atoms with Crippen LogP contribution in [0, 0.1) is 6.92 Å². The minimum atomic E-state index is -1.57. The molecule has 0 amide bonds. The molecule has 1 aromatic carbocycles. The molecular weight excluding hydrogens is 198 g/mol. The Bertz CT molecular complexity index is 302. The predicted octanol–water partition coefficient (Wildman–Crippen LogP) is 0.982. The van der Waals surface area contributed by atoms with Gasteiger partial charge in [0.25, 0.3) is 0 Å². The average Bonchev–Trinajstić information content (AvgIpc) is 1.97. The van der Waals surface area contributed by atoms with E-state index in [0.29, 0.717) is 10.6 Å². The first-order valence-corrected chi connectivity index (χ1v) is 4.10. The van der Waals surface area contributed by atoms with Gasteiger partial charge in [0.1, 0.15) is 0 Å². The summed E-state index contributed by atoms with van der Waals surface area (Å²) >= 11 is 11.4. The zero-order chi connectivity index (χ0) is 9.30. The van der Waals surface area contributed by atoms with Crippen molar-refractivity contribution in [3.05, 3.63) is 27.7 Å². The second kappa shape index (κ2) is 3.67. The Kier molecular flexibility index (Phi) is 3.01. The maximum absolute atomic E-state index is 8.92. The molecule has 0 fully saturated rings. The third-order valence-electron chi connectivity index (χ3n) is 1.61. The molecule has 12 heavy (non-hydrogen) atoms. The van der Waals surface area contributed by atoms with Crippen molar-refractivity contribution < 1.29 is 10.0 Å². The van der Waals surface area contributed by atoms with Gasteiger partial charge in [-0.15, -0.1) is 0 Å². The van der Waals surface area contributed by atoms with E-state index >= 15 is 0 Å². The van der Waals surface area contributed by atoms with Gasteiger partial charge >= 0.3 is 7.12 Å². The smallest absolute Gasteiger partial charge is 0.423 e. The average molecular weight is 205 g/mol. The molecule has 1 aromatic rings. The fourth-order valence-corrected chi connectivity index (χ4v) is 1.45. The summed E-state index contributed by atoms with van der Waals surface area (Å²) in [5.41, 5.74) is 0.976. The van der Waals surface area contributed by atoms with Gasteiger partial charge in [-0.1, -0.05) is 29.3 Å². The van der Waals surface area contributed by atoms with Crippen molar-refractivity contribution in [1.82, 2.24) is 0 Å². The van der Waals surface area contributed by atoms with Gasteiger partial charge in [0, 0.05) is 5.46 Å². The first-order valence-electron chi connectivity index (χ1n) is 3.34. The van der Waals surface area contributed by atoms with Crippen molar-refractivity contribution in [1.29, 1.82) is 0 Å². The molecule has 0 atom stereocenters. The zero-order valence-electron chi connectivity index (χ0n) is 6.38. The molecule has 0 saturated carbocycles. The summed E-state index contributed by atoms with van der Waals surface area (Å²) in [5.74, 6) is 0. The van der Waals surface area contributed by atoms with E-state index in [1.807, 2.05) is 0 Å². The monoisotopic (exact) mass is 204 g/mol. The molecule has 0 saturated heterocycles. The maximum Gasteiger partial charge on any atom is 0.490 e. The summed E-state index contributed by atoms with van der Waals surface area (Å²) in [6.07, 6.45) is 0. The molecule has 2 N–H and O–H groups in total. The van der Waals surface area contributed by atoms with Crippen LogP contribution < -0.4 is 5.46 Å². The van der Waals surface area contributed by atoms with Gasteiger partial charge in [0.15, 0.2) is 0 Å². The second-order valence-corrected chi connectivity index (χ2v) is 3.25. The predicted molar refractivity (Wildman–Crippen MR) is 51.0 cm³/mol. The van der Waals surface area contributed by atoms with Gasteiger partial charge in [-0.2, -0.15) is 0 Å². The van der Waals surface area contributed by atoms with Crippen LogP contribution in [0.5, 0.6) is 0 Å². The van der Waals surface area contributed by atoms with Gasteiger partial charge in [-0.3, -0.25) is 0 Å². The van der Waals surface area contributed by atoms with E-state index < -0.39 is 7.12 Å². The van der Waals surface area contributed by atoms with Crippen molar-refractivity contribution in [2.45, 2.75) is 6.92 Å². The van der Waals surface area contributed by atoms with E-state index in [-0.39, 0.29) is 10.5 Å². The second-order valence-electron chi connectivity index (χ2n) is 2.47. The lowest BCUT2D eigenvalue weighted by atomic mass is 9.77. The Balaban J connectivity index is 3.33. The molecule has 0 heterocycles. The van der Waals surface area contributed by atoms with Crippen LogP contribution in [0.15, 0.2) is 12.1 Å². The Labute approximate surface area is 80.9 Å². The van der Waals surface area contributed by atoms with Crippen molar-refractivity contribution in [3.8, 4) is 0 Å². The molecule has 0 aliphatic rings. The highest BCUT2D eigenvalue weighted by Gasteiger charge is 2.19. The largest absolute Gasteiger partial charge is 0.490 e. The molecule has 1 rings (SSSR count). The van der Waals surface area contributed by atoms with Gasteiger partial charge in [-0.25, -0.2) is 0 Å². The molecule has 0 bridgehead atoms. The van der Waals surface area contributed by atoms with Crippen LogP contribution in [0.25, 0.3) is 0 Å². The fraction of sp³-hybridized carbons (Fsp3) is 0.143. The molecule has 64 valence electrons. The lowest BCUT2D eigenvalue weighted by Crippen LogP contribution is -2.33. The third-order valence-corrected chi connectivity index (χ3v) is 2.43. The highest BCUT2D eigenvalue weighted by Crippen LogP contribution is 2.20. The molecule has 5 heteroatoms. The summed E-state index contributed by atoms with van der Waals surface area (Å²) < 4.78 is 0. The molecule has 0 aliphatic carbocycles. The highest BCUT2D eigenvalue weighted by molar-refractivity contribution is 6.64. The van der Waals surface area contributed by atoms with Crippen molar-refractivity contribution in [3.63, 3.8) is 0 Å². The number of rotatable bonds is 1. The Hall–Kier alpha value is -0.215. The molecule has 0 aliphatic heterocycles.